The Bertz CT molecular complexity index is 628. The van der Waals surface area contributed by atoms with Crippen LogP contribution in [0.4, 0.5) is 0 Å². The Hall–Kier alpha value is -1.35. The summed E-state index contributed by atoms with van der Waals surface area (Å²) < 4.78 is 0. The summed E-state index contributed by atoms with van der Waals surface area (Å²) in [5, 5.41) is 17.0. The number of aliphatic imine (C=N–C) groups is 1. The van der Waals surface area contributed by atoms with Crippen LogP contribution in [-0.4, -0.2) is 29.1 Å². The van der Waals surface area contributed by atoms with Crippen molar-refractivity contribution in [2.45, 2.75) is 33.2 Å². The van der Waals surface area contributed by atoms with Gasteiger partial charge < -0.3 is 15.7 Å². The van der Waals surface area contributed by atoms with Gasteiger partial charge >= 0.3 is 0 Å². The maximum absolute atomic E-state index is 9.30. The molecule has 5 nitrogen and oxygen atoms in total. The van der Waals surface area contributed by atoms with Crippen LogP contribution in [0, 0.1) is 0 Å². The first-order chi connectivity index (χ1) is 11.2. The maximum Gasteiger partial charge on any atom is 0.191 e. The van der Waals surface area contributed by atoms with Gasteiger partial charge in [0.15, 0.2) is 5.96 Å². The van der Waals surface area contributed by atoms with Crippen LogP contribution in [0.25, 0.3) is 0 Å². The van der Waals surface area contributed by atoms with Crippen molar-refractivity contribution in [2.75, 3.05) is 13.1 Å². The van der Waals surface area contributed by atoms with Crippen LogP contribution in [0.1, 0.15) is 29.3 Å². The molecule has 0 aliphatic carbocycles. The number of nitrogens with zero attached hydrogens (tertiary/aromatic N) is 2. The number of aromatic hydroxyl groups is 1. The highest BCUT2D eigenvalue weighted by atomic mass is 127. The normalized spacial score (nSPS) is 11.0. The highest BCUT2D eigenvalue weighted by molar-refractivity contribution is 14.0. The first kappa shape index (κ1) is 20.7. The summed E-state index contributed by atoms with van der Waals surface area (Å²) in [5.74, 6) is 1.07. The van der Waals surface area contributed by atoms with Gasteiger partial charge in [-0.05, 0) is 31.0 Å². The molecule has 1 aromatic carbocycles. The van der Waals surface area contributed by atoms with Crippen molar-refractivity contribution in [2.24, 2.45) is 4.99 Å². The van der Waals surface area contributed by atoms with Crippen molar-refractivity contribution in [3.05, 3.63) is 45.9 Å². The molecule has 0 unspecified atom stereocenters. The minimum Gasteiger partial charge on any atom is -0.508 e. The zero-order valence-corrected chi connectivity index (χ0v) is 17.2. The lowest BCUT2D eigenvalue weighted by molar-refractivity contribution is 0.475. The van der Waals surface area contributed by atoms with Crippen LogP contribution < -0.4 is 10.6 Å². The maximum atomic E-state index is 9.30. The molecule has 0 aliphatic rings. The van der Waals surface area contributed by atoms with Crippen LogP contribution >= 0.6 is 35.3 Å². The lowest BCUT2D eigenvalue weighted by atomic mass is 10.2. The van der Waals surface area contributed by atoms with Crippen LogP contribution in [0.15, 0.2) is 35.5 Å². The fourth-order valence-corrected chi connectivity index (χ4v) is 2.89. The quantitative estimate of drug-likeness (QED) is 0.337. The lowest BCUT2D eigenvalue weighted by Gasteiger charge is -2.10. The Kier molecular flexibility index (Phi) is 9.70. The van der Waals surface area contributed by atoms with Crippen LogP contribution in [0.5, 0.6) is 5.75 Å². The van der Waals surface area contributed by atoms with E-state index < -0.39 is 0 Å². The monoisotopic (exact) mass is 460 g/mol. The smallest absolute Gasteiger partial charge is 0.191 e. The van der Waals surface area contributed by atoms with Gasteiger partial charge in [0.25, 0.3) is 0 Å². The van der Waals surface area contributed by atoms with Crippen LogP contribution in [0.3, 0.4) is 0 Å². The zero-order valence-electron chi connectivity index (χ0n) is 14.1. The topological polar surface area (TPSA) is 69.5 Å². The molecule has 2 rings (SSSR count). The van der Waals surface area contributed by atoms with Gasteiger partial charge in [-0.1, -0.05) is 19.1 Å². The Morgan fingerprint density at radius 1 is 1.21 bits per heavy atom. The number of thiazole rings is 1. The summed E-state index contributed by atoms with van der Waals surface area (Å²) >= 11 is 1.77. The minimum atomic E-state index is 0. The van der Waals surface area contributed by atoms with Gasteiger partial charge in [0.05, 0.1) is 11.6 Å². The summed E-state index contributed by atoms with van der Waals surface area (Å²) in [6.07, 6.45) is 3.90. The molecule has 0 aliphatic heterocycles. The SMILES string of the molecule is CCNC(=NCc1ccc(O)cc1)NCCc1ncc(CC)s1.I. The van der Waals surface area contributed by atoms with E-state index >= 15 is 0 Å². The number of phenols is 1. The molecule has 0 amide bonds. The van der Waals surface area contributed by atoms with Gasteiger partial charge in [0.1, 0.15) is 5.75 Å². The van der Waals surface area contributed by atoms with Crippen molar-refractivity contribution in [3.8, 4) is 5.75 Å². The Labute approximate surface area is 164 Å². The van der Waals surface area contributed by atoms with E-state index in [1.807, 2.05) is 25.3 Å². The predicted molar refractivity (Wildman–Crippen MR) is 112 cm³/mol. The molecule has 0 bridgehead atoms. The molecule has 132 valence electrons. The third-order valence-electron chi connectivity index (χ3n) is 3.28. The van der Waals surface area contributed by atoms with Crippen LogP contribution in [0.2, 0.25) is 0 Å². The van der Waals surface area contributed by atoms with E-state index in [9.17, 15) is 5.11 Å². The van der Waals surface area contributed by atoms with Crippen LogP contribution in [-0.2, 0) is 19.4 Å². The zero-order chi connectivity index (χ0) is 16.5. The summed E-state index contributed by atoms with van der Waals surface area (Å²) in [6.45, 7) is 6.39. The number of halogens is 1. The third-order valence-corrected chi connectivity index (χ3v) is 4.48. The van der Waals surface area contributed by atoms with Crippen molar-refractivity contribution < 1.29 is 5.11 Å². The van der Waals surface area contributed by atoms with Gasteiger partial charge in [-0.3, -0.25) is 0 Å². The molecule has 2 aromatic rings. The largest absolute Gasteiger partial charge is 0.508 e. The molecule has 1 aromatic heterocycles. The van der Waals surface area contributed by atoms with Gasteiger partial charge in [-0.2, -0.15) is 0 Å². The van der Waals surface area contributed by atoms with Gasteiger partial charge in [0.2, 0.25) is 0 Å². The number of aryl methyl sites for hydroxylation is 1. The van der Waals surface area contributed by atoms with Crippen molar-refractivity contribution in [1.29, 1.82) is 0 Å². The highest BCUT2D eigenvalue weighted by Crippen LogP contribution is 2.13. The molecule has 24 heavy (non-hydrogen) atoms. The molecule has 0 saturated carbocycles. The molecule has 3 N–H and O–H groups in total. The molecule has 7 heteroatoms. The number of nitrogens with one attached hydrogen (secondary N) is 2. The van der Waals surface area contributed by atoms with E-state index in [2.05, 4.69) is 27.5 Å². The number of hydrogen-bond donors (Lipinski definition) is 3. The minimum absolute atomic E-state index is 0. The van der Waals surface area contributed by atoms with Crippen molar-refractivity contribution in [1.82, 2.24) is 15.6 Å². The van der Waals surface area contributed by atoms with Crippen molar-refractivity contribution >= 4 is 41.3 Å². The Morgan fingerprint density at radius 2 is 1.96 bits per heavy atom. The summed E-state index contributed by atoms with van der Waals surface area (Å²) in [5.41, 5.74) is 1.06. The summed E-state index contributed by atoms with van der Waals surface area (Å²) in [4.78, 5) is 10.3. The first-order valence-electron chi connectivity index (χ1n) is 7.95. The fraction of sp³-hybridized carbons (Fsp3) is 0.412. The highest BCUT2D eigenvalue weighted by Gasteiger charge is 2.02. The number of benzene rings is 1. The number of aromatic nitrogens is 1. The third kappa shape index (κ3) is 7.04. The number of phenolic OH excluding ortho intramolecular Hbond substituents is 1. The van der Waals surface area contributed by atoms with Gasteiger partial charge in [-0.25, -0.2) is 9.98 Å². The molecule has 0 spiro atoms. The van der Waals surface area contributed by atoms with Gasteiger partial charge in [0, 0.05) is 30.6 Å². The molecular weight excluding hydrogens is 435 g/mol. The molecule has 0 fully saturated rings. The number of hydrogen-bond acceptors (Lipinski definition) is 4. The average Bonchev–Trinajstić information content (AvgIpc) is 3.02. The summed E-state index contributed by atoms with van der Waals surface area (Å²) in [6, 6.07) is 7.12. The van der Waals surface area contributed by atoms with E-state index in [-0.39, 0.29) is 29.7 Å². The Morgan fingerprint density at radius 3 is 2.58 bits per heavy atom. The van der Waals surface area contributed by atoms with E-state index in [1.165, 1.54) is 4.88 Å². The molecular formula is C17H25IN4OS. The second-order valence-corrected chi connectivity index (χ2v) is 6.31. The second kappa shape index (κ2) is 11.2. The van der Waals surface area contributed by atoms with E-state index in [1.54, 1.807) is 23.5 Å². The average molecular weight is 460 g/mol. The molecule has 0 radical (unpaired) electrons. The molecule has 1 heterocycles. The second-order valence-electron chi connectivity index (χ2n) is 5.11. The molecule has 0 atom stereocenters. The van der Waals surface area contributed by atoms with E-state index in [0.29, 0.717) is 6.54 Å². The summed E-state index contributed by atoms with van der Waals surface area (Å²) in [7, 11) is 0. The predicted octanol–water partition coefficient (Wildman–Crippen LogP) is 3.33. The first-order valence-corrected chi connectivity index (χ1v) is 8.76. The Balaban J connectivity index is 0.00000288. The van der Waals surface area contributed by atoms with Crippen molar-refractivity contribution in [3.63, 3.8) is 0 Å². The fourth-order valence-electron chi connectivity index (χ4n) is 2.03. The number of rotatable bonds is 7. The number of guanidine groups is 1. The van der Waals surface area contributed by atoms with Gasteiger partial charge in [-0.15, -0.1) is 35.3 Å². The standard InChI is InChI=1S/C17H24N4OS.HI/c1-3-15-12-20-16(23-15)9-10-19-17(18-4-2)21-11-13-5-7-14(22)8-6-13;/h5-8,12,22H,3-4,9-11H2,1-2H3,(H2,18,19,21);1H. The van der Waals surface area contributed by atoms with E-state index in [4.69, 9.17) is 0 Å². The lowest BCUT2D eigenvalue weighted by Crippen LogP contribution is -2.38. The van der Waals surface area contributed by atoms with E-state index in [0.717, 1.165) is 42.5 Å². The molecule has 0 saturated heterocycles.